The van der Waals surface area contributed by atoms with Crippen molar-refractivity contribution in [3.8, 4) is 0 Å². The van der Waals surface area contributed by atoms with Gasteiger partial charge in [-0.1, -0.05) is 25.5 Å². The fourth-order valence-corrected chi connectivity index (χ4v) is 3.82. The molecule has 1 aromatic carbocycles. The number of fused-ring (bicyclic) bond motifs is 2. The standard InChI is InChI=1S/C20H23NO5/c1-2-3-10-26-20(25)12-6-8-15(9-7-12)21-18(22)16-13-4-5-14(11-13)17(16)19(23)24/h4-9,13-14,16-17H,2-3,10-11H2,1H3,(H,21,22)(H,23,24)/t13-,14+,16+,17+/m1/s1. The van der Waals surface area contributed by atoms with Crippen LogP contribution < -0.4 is 5.32 Å². The Bertz CT molecular complexity index is 724. The summed E-state index contributed by atoms with van der Waals surface area (Å²) in [6.45, 7) is 2.41. The Morgan fingerprint density at radius 2 is 1.77 bits per heavy atom. The Kier molecular flexibility index (Phi) is 5.40. The number of rotatable bonds is 7. The number of allylic oxidation sites excluding steroid dienone is 2. The summed E-state index contributed by atoms with van der Waals surface area (Å²) in [6, 6.07) is 6.46. The van der Waals surface area contributed by atoms with E-state index in [-0.39, 0.29) is 23.7 Å². The number of amides is 1. The van der Waals surface area contributed by atoms with E-state index in [9.17, 15) is 19.5 Å². The number of ether oxygens (including phenoxy) is 1. The highest BCUT2D eigenvalue weighted by molar-refractivity contribution is 5.97. The molecule has 1 fully saturated rings. The van der Waals surface area contributed by atoms with E-state index >= 15 is 0 Å². The Labute approximate surface area is 152 Å². The van der Waals surface area contributed by atoms with Gasteiger partial charge >= 0.3 is 11.9 Å². The molecule has 2 aliphatic rings. The quantitative estimate of drug-likeness (QED) is 0.444. The lowest BCUT2D eigenvalue weighted by Gasteiger charge is -2.23. The van der Waals surface area contributed by atoms with Gasteiger partial charge in [0, 0.05) is 5.69 Å². The highest BCUT2D eigenvalue weighted by Gasteiger charge is 2.51. The highest BCUT2D eigenvalue weighted by Crippen LogP contribution is 2.48. The second kappa shape index (κ2) is 7.72. The molecule has 1 aromatic rings. The van der Waals surface area contributed by atoms with Crippen LogP contribution in [0.3, 0.4) is 0 Å². The predicted molar refractivity (Wildman–Crippen MR) is 95.6 cm³/mol. The number of hydrogen-bond donors (Lipinski definition) is 2. The molecule has 2 N–H and O–H groups in total. The molecular formula is C20H23NO5. The molecule has 2 bridgehead atoms. The molecule has 4 atom stereocenters. The maximum atomic E-state index is 12.6. The summed E-state index contributed by atoms with van der Waals surface area (Å²) in [6.07, 6.45) is 6.35. The summed E-state index contributed by atoms with van der Waals surface area (Å²) < 4.78 is 5.15. The van der Waals surface area contributed by atoms with Gasteiger partial charge in [-0.3, -0.25) is 9.59 Å². The summed E-state index contributed by atoms with van der Waals surface area (Å²) in [4.78, 5) is 36.0. The van der Waals surface area contributed by atoms with Crippen molar-refractivity contribution < 1.29 is 24.2 Å². The van der Waals surface area contributed by atoms with Gasteiger partial charge in [-0.2, -0.15) is 0 Å². The summed E-state index contributed by atoms with van der Waals surface area (Å²) in [5, 5.41) is 12.2. The van der Waals surface area contributed by atoms with Gasteiger partial charge < -0.3 is 15.2 Å². The number of carboxylic acids is 1. The minimum absolute atomic E-state index is 0.0195. The smallest absolute Gasteiger partial charge is 0.338 e. The zero-order valence-electron chi connectivity index (χ0n) is 14.7. The summed E-state index contributed by atoms with van der Waals surface area (Å²) in [5.74, 6) is -2.90. The van der Waals surface area contributed by atoms with E-state index in [1.807, 2.05) is 19.1 Å². The van der Waals surface area contributed by atoms with Crippen LogP contribution in [0, 0.1) is 23.7 Å². The molecule has 0 aromatic heterocycles. The van der Waals surface area contributed by atoms with Crippen LogP contribution in [-0.2, 0) is 14.3 Å². The van der Waals surface area contributed by atoms with Crippen LogP contribution in [0.25, 0.3) is 0 Å². The summed E-state index contributed by atoms with van der Waals surface area (Å²) in [5.41, 5.74) is 0.960. The lowest BCUT2D eigenvalue weighted by atomic mass is 9.82. The molecule has 0 spiro atoms. The van der Waals surface area contributed by atoms with Gasteiger partial charge in [-0.15, -0.1) is 0 Å². The summed E-state index contributed by atoms with van der Waals surface area (Å²) >= 11 is 0. The van der Waals surface area contributed by atoms with E-state index in [0.29, 0.717) is 17.9 Å². The normalized spacial score (nSPS) is 25.9. The van der Waals surface area contributed by atoms with Crippen molar-refractivity contribution in [2.45, 2.75) is 26.2 Å². The Morgan fingerprint density at radius 1 is 1.12 bits per heavy atom. The number of benzene rings is 1. The Balaban J connectivity index is 1.62. The molecule has 0 heterocycles. The number of anilines is 1. The number of carboxylic acid groups (broad SMARTS) is 1. The average molecular weight is 357 g/mol. The topological polar surface area (TPSA) is 92.7 Å². The minimum atomic E-state index is -0.924. The first-order valence-electron chi connectivity index (χ1n) is 9.00. The largest absolute Gasteiger partial charge is 0.481 e. The highest BCUT2D eigenvalue weighted by atomic mass is 16.5. The molecule has 3 rings (SSSR count). The molecule has 0 aliphatic heterocycles. The molecule has 1 amide bonds. The first-order chi connectivity index (χ1) is 12.5. The van der Waals surface area contributed by atoms with Gasteiger partial charge in [0.2, 0.25) is 5.91 Å². The van der Waals surface area contributed by atoms with Gasteiger partial charge in [0.1, 0.15) is 0 Å². The van der Waals surface area contributed by atoms with Crippen LogP contribution in [0.15, 0.2) is 36.4 Å². The van der Waals surface area contributed by atoms with Crippen LogP contribution in [0.4, 0.5) is 5.69 Å². The van der Waals surface area contributed by atoms with Gasteiger partial charge in [0.25, 0.3) is 0 Å². The van der Waals surface area contributed by atoms with Crippen LogP contribution in [0.5, 0.6) is 0 Å². The molecular weight excluding hydrogens is 334 g/mol. The van der Waals surface area contributed by atoms with Crippen molar-refractivity contribution in [2.75, 3.05) is 11.9 Å². The van der Waals surface area contributed by atoms with Gasteiger partial charge in [0.15, 0.2) is 0 Å². The van der Waals surface area contributed by atoms with Crippen molar-refractivity contribution in [2.24, 2.45) is 23.7 Å². The van der Waals surface area contributed by atoms with E-state index in [1.165, 1.54) is 0 Å². The van der Waals surface area contributed by atoms with Crippen molar-refractivity contribution >= 4 is 23.5 Å². The molecule has 1 saturated carbocycles. The maximum Gasteiger partial charge on any atom is 0.338 e. The third-order valence-electron chi connectivity index (χ3n) is 5.17. The number of carbonyl (C=O) groups is 3. The van der Waals surface area contributed by atoms with Crippen molar-refractivity contribution in [3.63, 3.8) is 0 Å². The lowest BCUT2D eigenvalue weighted by Crippen LogP contribution is -2.36. The van der Waals surface area contributed by atoms with Crippen molar-refractivity contribution in [3.05, 3.63) is 42.0 Å². The van der Waals surface area contributed by atoms with Crippen molar-refractivity contribution in [1.29, 1.82) is 0 Å². The van der Waals surface area contributed by atoms with Gasteiger partial charge in [-0.25, -0.2) is 4.79 Å². The predicted octanol–water partition coefficient (Wildman–Crippen LogP) is 3.10. The van der Waals surface area contributed by atoms with E-state index < -0.39 is 17.8 Å². The SMILES string of the molecule is CCCCOC(=O)c1ccc(NC(=O)[C@@H]2[C@@H](C(=O)O)[C@H]3C=C[C@@H]2C3)cc1. The van der Waals surface area contributed by atoms with E-state index in [2.05, 4.69) is 5.32 Å². The van der Waals surface area contributed by atoms with Crippen LogP contribution in [0.2, 0.25) is 0 Å². The number of unbranched alkanes of at least 4 members (excludes halogenated alkanes) is 1. The third-order valence-corrected chi connectivity index (χ3v) is 5.17. The first kappa shape index (κ1) is 18.2. The summed E-state index contributed by atoms with van der Waals surface area (Å²) in [7, 11) is 0. The zero-order chi connectivity index (χ0) is 18.7. The monoisotopic (exact) mass is 357 g/mol. The second-order valence-corrected chi connectivity index (χ2v) is 6.89. The van der Waals surface area contributed by atoms with E-state index in [4.69, 9.17) is 4.74 Å². The molecule has 26 heavy (non-hydrogen) atoms. The van der Waals surface area contributed by atoms with Crippen LogP contribution in [-0.4, -0.2) is 29.6 Å². The zero-order valence-corrected chi connectivity index (χ0v) is 14.7. The average Bonchev–Trinajstić information content (AvgIpc) is 3.23. The second-order valence-electron chi connectivity index (χ2n) is 6.89. The Hall–Kier alpha value is -2.63. The fourth-order valence-electron chi connectivity index (χ4n) is 3.82. The first-order valence-corrected chi connectivity index (χ1v) is 9.00. The number of aliphatic carboxylic acids is 1. The van der Waals surface area contributed by atoms with E-state index in [0.717, 1.165) is 19.3 Å². The van der Waals surface area contributed by atoms with E-state index in [1.54, 1.807) is 24.3 Å². The number of nitrogens with one attached hydrogen (secondary N) is 1. The van der Waals surface area contributed by atoms with Crippen LogP contribution in [0.1, 0.15) is 36.5 Å². The molecule has 6 heteroatoms. The molecule has 0 radical (unpaired) electrons. The number of carbonyl (C=O) groups excluding carboxylic acids is 2. The molecule has 0 saturated heterocycles. The fraction of sp³-hybridized carbons (Fsp3) is 0.450. The third kappa shape index (κ3) is 3.64. The number of esters is 1. The minimum Gasteiger partial charge on any atom is -0.481 e. The van der Waals surface area contributed by atoms with Gasteiger partial charge in [-0.05, 0) is 48.9 Å². The maximum absolute atomic E-state index is 12.6. The molecule has 138 valence electrons. The molecule has 0 unspecified atom stereocenters. The molecule has 2 aliphatic carbocycles. The van der Waals surface area contributed by atoms with Gasteiger partial charge in [0.05, 0.1) is 24.0 Å². The lowest BCUT2D eigenvalue weighted by molar-refractivity contribution is -0.146. The van der Waals surface area contributed by atoms with Crippen molar-refractivity contribution in [1.82, 2.24) is 0 Å². The number of hydrogen-bond acceptors (Lipinski definition) is 4. The Morgan fingerprint density at radius 3 is 2.38 bits per heavy atom. The van der Waals surface area contributed by atoms with Crippen LogP contribution >= 0.6 is 0 Å². The molecule has 6 nitrogen and oxygen atoms in total.